The molecule has 1 aliphatic rings. The molecular formula is C21H19N3O4S. The average Bonchev–Trinajstić information content (AvgIpc) is 2.69. The van der Waals surface area contributed by atoms with Gasteiger partial charge in [0.25, 0.3) is 5.91 Å². The van der Waals surface area contributed by atoms with Crippen LogP contribution in [0.5, 0.6) is 0 Å². The Morgan fingerprint density at radius 3 is 2.66 bits per heavy atom. The minimum atomic E-state index is -1.14. The van der Waals surface area contributed by atoms with Gasteiger partial charge in [0.15, 0.2) is 11.0 Å². The summed E-state index contributed by atoms with van der Waals surface area (Å²) in [5.74, 6) is -2.65. The second-order valence-electron chi connectivity index (χ2n) is 6.33. The van der Waals surface area contributed by atoms with Crippen LogP contribution in [0, 0.1) is 12.8 Å². The van der Waals surface area contributed by atoms with Crippen molar-refractivity contribution in [1.29, 1.82) is 0 Å². The van der Waals surface area contributed by atoms with Gasteiger partial charge in [0.1, 0.15) is 0 Å². The summed E-state index contributed by atoms with van der Waals surface area (Å²) >= 11 is 5.17. The number of nitrogens with one attached hydrogen (secondary N) is 1. The zero-order valence-corrected chi connectivity index (χ0v) is 16.7. The quantitative estimate of drug-likeness (QED) is 0.355. The number of hydrogen-bond acceptors (Lipinski definition) is 6. The van der Waals surface area contributed by atoms with Gasteiger partial charge >= 0.3 is 5.97 Å². The van der Waals surface area contributed by atoms with Crippen LogP contribution in [0.25, 0.3) is 0 Å². The Balaban J connectivity index is 1.84. The predicted octanol–water partition coefficient (Wildman–Crippen LogP) is 2.94. The molecule has 1 N–H and O–H groups in total. The Labute approximate surface area is 173 Å². The molecule has 0 unspecified atom stereocenters. The number of rotatable bonds is 5. The Bertz CT molecular complexity index is 1000. The molecule has 1 atom stereocenters. The Morgan fingerprint density at radius 2 is 1.97 bits per heavy atom. The highest BCUT2D eigenvalue weighted by molar-refractivity contribution is 7.80. The van der Waals surface area contributed by atoms with Gasteiger partial charge in [-0.25, -0.2) is 4.79 Å². The lowest BCUT2D eigenvalue weighted by atomic mass is 10.1. The van der Waals surface area contributed by atoms with E-state index in [0.29, 0.717) is 16.9 Å². The van der Waals surface area contributed by atoms with Gasteiger partial charge in [0, 0.05) is 6.21 Å². The van der Waals surface area contributed by atoms with Crippen LogP contribution in [-0.2, 0) is 14.3 Å². The van der Waals surface area contributed by atoms with E-state index in [-0.39, 0.29) is 11.7 Å². The van der Waals surface area contributed by atoms with Gasteiger partial charge in [-0.15, -0.1) is 0 Å². The zero-order valence-electron chi connectivity index (χ0n) is 15.9. The topological polar surface area (TPSA) is 88.1 Å². The monoisotopic (exact) mass is 409 g/mol. The highest BCUT2D eigenvalue weighted by Crippen LogP contribution is 2.22. The molecule has 2 aromatic carbocycles. The number of benzene rings is 2. The fraction of sp³-hybridized carbons (Fsp3) is 0.190. The second kappa shape index (κ2) is 8.74. The molecule has 0 aromatic heterocycles. The Kier molecular flexibility index (Phi) is 6.13. The molecule has 0 aliphatic carbocycles. The summed E-state index contributed by atoms with van der Waals surface area (Å²) in [7, 11) is 0. The van der Waals surface area contributed by atoms with Crippen molar-refractivity contribution >= 4 is 52.7 Å². The number of hydrogen-bond donors (Lipinski definition) is 1. The third-order valence-electron chi connectivity index (χ3n) is 4.22. The average molecular weight is 409 g/mol. The van der Waals surface area contributed by atoms with Crippen molar-refractivity contribution in [3.8, 4) is 0 Å². The molecule has 7 nitrogen and oxygen atoms in total. The molecule has 2 aromatic rings. The number of thiocarbonyl (C=S) groups is 1. The van der Waals surface area contributed by atoms with Gasteiger partial charge in [0.2, 0.25) is 5.91 Å². The molecule has 0 spiro atoms. The van der Waals surface area contributed by atoms with Gasteiger partial charge in [-0.3, -0.25) is 19.5 Å². The molecule has 0 bridgehead atoms. The van der Waals surface area contributed by atoms with Crippen LogP contribution in [0.15, 0.2) is 53.5 Å². The fourth-order valence-corrected chi connectivity index (χ4v) is 3.04. The first-order valence-electron chi connectivity index (χ1n) is 8.97. The molecule has 0 saturated carbocycles. The Morgan fingerprint density at radius 1 is 1.24 bits per heavy atom. The van der Waals surface area contributed by atoms with Crippen molar-refractivity contribution in [3.05, 3.63) is 59.7 Å². The van der Waals surface area contributed by atoms with E-state index in [9.17, 15) is 14.4 Å². The van der Waals surface area contributed by atoms with Crippen LogP contribution in [0.4, 0.5) is 11.4 Å². The Hall–Kier alpha value is -3.39. The van der Waals surface area contributed by atoms with Gasteiger partial charge in [0.05, 0.1) is 23.5 Å². The van der Waals surface area contributed by atoms with E-state index in [0.717, 1.165) is 5.56 Å². The van der Waals surface area contributed by atoms with Crippen molar-refractivity contribution in [2.75, 3.05) is 11.5 Å². The lowest BCUT2D eigenvalue weighted by molar-refractivity contribution is -0.130. The van der Waals surface area contributed by atoms with Crippen LogP contribution in [-0.4, -0.2) is 35.7 Å². The molecular weight excluding hydrogens is 390 g/mol. The first-order chi connectivity index (χ1) is 13.9. The fourth-order valence-electron chi connectivity index (χ4n) is 2.75. The van der Waals surface area contributed by atoms with Crippen molar-refractivity contribution in [1.82, 2.24) is 5.32 Å². The molecule has 8 heteroatoms. The number of aliphatic imine (C=N–C) groups is 1. The van der Waals surface area contributed by atoms with E-state index in [1.54, 1.807) is 37.3 Å². The van der Waals surface area contributed by atoms with Crippen LogP contribution >= 0.6 is 12.2 Å². The highest BCUT2D eigenvalue weighted by atomic mass is 32.1. The number of nitrogens with zero attached hydrogens (tertiary/aromatic N) is 2. The third kappa shape index (κ3) is 4.55. The summed E-state index contributed by atoms with van der Waals surface area (Å²) < 4.78 is 4.96. The highest BCUT2D eigenvalue weighted by Gasteiger charge is 2.38. The van der Waals surface area contributed by atoms with E-state index in [4.69, 9.17) is 17.0 Å². The number of amides is 2. The van der Waals surface area contributed by atoms with Crippen molar-refractivity contribution in [2.45, 2.75) is 13.8 Å². The summed E-state index contributed by atoms with van der Waals surface area (Å²) in [6, 6.07) is 13.7. The maximum absolute atomic E-state index is 12.9. The largest absolute Gasteiger partial charge is 0.462 e. The SMILES string of the molecule is CCOC(=O)c1cccc(N=C[C@H]2C(=O)NC(=S)N(c3ccc(C)cc3)C2=O)c1. The van der Waals surface area contributed by atoms with E-state index < -0.39 is 23.7 Å². The lowest BCUT2D eigenvalue weighted by Gasteiger charge is -2.30. The van der Waals surface area contributed by atoms with Gasteiger partial charge in [-0.1, -0.05) is 23.8 Å². The molecule has 0 radical (unpaired) electrons. The lowest BCUT2D eigenvalue weighted by Crippen LogP contribution is -2.58. The molecule has 1 heterocycles. The molecule has 1 saturated heterocycles. The van der Waals surface area contributed by atoms with Gasteiger partial charge in [-0.2, -0.15) is 0 Å². The standard InChI is InChI=1S/C21H19N3O4S/c1-3-28-20(27)14-5-4-6-15(11-14)22-12-17-18(25)23-21(29)24(19(17)26)16-9-7-13(2)8-10-16/h4-12,17H,3H2,1-2H3,(H,23,25,29)/t17-/m0/s1. The number of ether oxygens (including phenoxy) is 1. The first-order valence-corrected chi connectivity index (χ1v) is 9.38. The number of aryl methyl sites for hydroxylation is 1. The summed E-state index contributed by atoms with van der Waals surface area (Å²) in [5.41, 5.74) is 2.36. The van der Waals surface area contributed by atoms with E-state index in [1.165, 1.54) is 17.2 Å². The van der Waals surface area contributed by atoms with Crippen LogP contribution in [0.1, 0.15) is 22.8 Å². The van der Waals surface area contributed by atoms with Gasteiger partial charge < -0.3 is 10.1 Å². The third-order valence-corrected chi connectivity index (χ3v) is 4.51. The summed E-state index contributed by atoms with van der Waals surface area (Å²) in [5, 5.41) is 2.56. The van der Waals surface area contributed by atoms with Gasteiger partial charge in [-0.05, 0) is 56.4 Å². The van der Waals surface area contributed by atoms with E-state index in [2.05, 4.69) is 10.3 Å². The van der Waals surface area contributed by atoms with Crippen LogP contribution in [0.2, 0.25) is 0 Å². The summed E-state index contributed by atoms with van der Waals surface area (Å²) in [6.07, 6.45) is 1.25. The van der Waals surface area contributed by atoms with Crippen LogP contribution < -0.4 is 10.2 Å². The normalized spacial score (nSPS) is 16.8. The van der Waals surface area contributed by atoms with Crippen molar-refractivity contribution in [2.24, 2.45) is 10.9 Å². The van der Waals surface area contributed by atoms with Crippen LogP contribution in [0.3, 0.4) is 0 Å². The van der Waals surface area contributed by atoms with E-state index in [1.807, 2.05) is 19.1 Å². The maximum atomic E-state index is 12.9. The molecule has 3 rings (SSSR count). The second-order valence-corrected chi connectivity index (χ2v) is 6.72. The number of carbonyl (C=O) groups excluding carboxylic acids is 3. The van der Waals surface area contributed by atoms with Crippen molar-refractivity contribution in [3.63, 3.8) is 0 Å². The molecule has 29 heavy (non-hydrogen) atoms. The minimum Gasteiger partial charge on any atom is -0.462 e. The first kappa shape index (κ1) is 20.3. The molecule has 1 fully saturated rings. The number of carbonyl (C=O) groups is 3. The predicted molar refractivity (Wildman–Crippen MR) is 113 cm³/mol. The molecule has 2 amide bonds. The number of esters is 1. The molecule has 1 aliphatic heterocycles. The number of anilines is 1. The molecule has 148 valence electrons. The summed E-state index contributed by atoms with van der Waals surface area (Å²) in [4.78, 5) is 42.6. The zero-order chi connectivity index (χ0) is 21.0. The van der Waals surface area contributed by atoms with E-state index >= 15 is 0 Å². The maximum Gasteiger partial charge on any atom is 0.338 e. The summed E-state index contributed by atoms with van der Waals surface area (Å²) in [6.45, 7) is 3.91. The minimum absolute atomic E-state index is 0.0258. The smallest absolute Gasteiger partial charge is 0.338 e. The van der Waals surface area contributed by atoms with Crippen molar-refractivity contribution < 1.29 is 19.1 Å².